The third kappa shape index (κ3) is 9.38. The fraction of sp³-hybridized carbons (Fsp3) is 0.429. The molecule has 2 aliphatic rings. The van der Waals surface area contributed by atoms with Crippen molar-refractivity contribution in [2.24, 2.45) is 15.1 Å². The summed E-state index contributed by atoms with van der Waals surface area (Å²) in [6, 6.07) is 12.0. The van der Waals surface area contributed by atoms with Crippen LogP contribution >= 0.6 is 15.9 Å². The summed E-state index contributed by atoms with van der Waals surface area (Å²) >= 11 is 3.21. The Bertz CT molecular complexity index is 1530. The first-order valence-corrected chi connectivity index (χ1v) is 14.2. The normalized spacial score (nSPS) is 21.2. The summed E-state index contributed by atoms with van der Waals surface area (Å²) < 4.78 is 71.0. The molecule has 3 N–H and O–H groups in total. The van der Waals surface area contributed by atoms with Gasteiger partial charge in [0.25, 0.3) is 12.9 Å². The number of hydrogen-bond acceptors (Lipinski definition) is 8. The lowest BCUT2D eigenvalue weighted by atomic mass is 9.90. The van der Waals surface area contributed by atoms with Gasteiger partial charge in [0.15, 0.2) is 11.1 Å². The second-order valence-electron chi connectivity index (χ2n) is 10.9. The van der Waals surface area contributed by atoms with Gasteiger partial charge in [0, 0.05) is 15.1 Å². The van der Waals surface area contributed by atoms with E-state index in [-0.39, 0.29) is 54.9 Å². The molecule has 0 bridgehead atoms. The van der Waals surface area contributed by atoms with Crippen molar-refractivity contribution < 1.29 is 46.5 Å². The fourth-order valence-corrected chi connectivity index (χ4v) is 4.71. The number of alkyl carbamates (subject to hydrolysis) is 1. The molecule has 0 saturated carbocycles. The van der Waals surface area contributed by atoms with E-state index in [4.69, 9.17) is 24.8 Å². The van der Waals surface area contributed by atoms with Crippen LogP contribution in [0.2, 0.25) is 0 Å². The molecule has 2 aromatic carbocycles. The molecule has 2 amide bonds. The first-order valence-electron chi connectivity index (χ1n) is 13.4. The van der Waals surface area contributed by atoms with Gasteiger partial charge in [0.2, 0.25) is 0 Å². The molecule has 0 spiro atoms. The summed E-state index contributed by atoms with van der Waals surface area (Å²) in [4.78, 5) is 33.1. The van der Waals surface area contributed by atoms with Gasteiger partial charge in [-0.25, -0.2) is 37.1 Å². The molecule has 18 heteroatoms. The lowest BCUT2D eigenvalue weighted by Gasteiger charge is -2.34. The van der Waals surface area contributed by atoms with E-state index in [1.807, 2.05) is 5.32 Å². The summed E-state index contributed by atoms with van der Waals surface area (Å²) in [5.74, 6) is -0.205. The molecule has 46 heavy (non-hydrogen) atoms. The molecule has 2 unspecified atom stereocenters. The van der Waals surface area contributed by atoms with E-state index < -0.39 is 41.7 Å². The highest BCUT2D eigenvalue weighted by molar-refractivity contribution is 9.10. The number of nitrogens with one attached hydrogen (secondary N) is 2. The molecule has 2 aromatic rings. The third-order valence-electron chi connectivity index (χ3n) is 6.24. The predicted molar refractivity (Wildman–Crippen MR) is 162 cm³/mol. The molecule has 4 rings (SSSR count). The van der Waals surface area contributed by atoms with Crippen molar-refractivity contribution in [3.05, 3.63) is 74.6 Å². The van der Waals surface area contributed by atoms with Crippen LogP contribution in [0, 0.1) is 0 Å². The Morgan fingerprint density at radius 1 is 0.978 bits per heavy atom. The molecule has 2 aliphatic heterocycles. The number of amidine groups is 2. The zero-order valence-corrected chi connectivity index (χ0v) is 26.3. The number of amides is 2. The van der Waals surface area contributed by atoms with Gasteiger partial charge in [0.05, 0.1) is 13.2 Å². The van der Waals surface area contributed by atoms with Gasteiger partial charge >= 0.3 is 12.2 Å². The SMILES string of the molecule is CC(C)(C)OC(=O)NC1=NC(c2cccc(N=[N+]=[N-])c2)(C(F)F)COC1.O=C(O)NC1=NC(c2cccc(Br)c2)(C(F)F)COC1. The Morgan fingerprint density at radius 2 is 1.50 bits per heavy atom. The number of aliphatic imine (C=N–C) groups is 2. The van der Waals surface area contributed by atoms with Crippen molar-refractivity contribution in [2.45, 2.75) is 50.3 Å². The second kappa shape index (κ2) is 15.4. The Labute approximate surface area is 268 Å². The first-order chi connectivity index (χ1) is 21.6. The minimum absolute atomic E-state index is 0.0695. The van der Waals surface area contributed by atoms with Crippen LogP contribution in [0.25, 0.3) is 10.4 Å². The van der Waals surface area contributed by atoms with Crippen LogP contribution in [0.1, 0.15) is 31.9 Å². The smallest absolute Gasteiger partial charge is 0.413 e. The molecular weight excluding hydrogens is 686 g/mol. The Morgan fingerprint density at radius 3 is 1.98 bits per heavy atom. The minimum Gasteiger partial charge on any atom is -0.465 e. The van der Waals surface area contributed by atoms with Gasteiger partial charge in [-0.05, 0) is 55.6 Å². The monoisotopic (exact) mass is 715 g/mol. The highest BCUT2D eigenvalue weighted by atomic mass is 79.9. The number of alkyl halides is 4. The Kier molecular flexibility index (Phi) is 12.1. The van der Waals surface area contributed by atoms with E-state index in [0.29, 0.717) is 4.47 Å². The Hall–Kier alpha value is -4.25. The van der Waals surface area contributed by atoms with Gasteiger partial charge in [0.1, 0.15) is 30.5 Å². The van der Waals surface area contributed by atoms with Gasteiger partial charge in [-0.1, -0.05) is 51.4 Å². The standard InChI is InChI=1S/C16H19F2N5O3.C12H11BrF2N2O3/c1-15(2,3)26-14(24)20-12-8-25-9-16(21-12,13(17)18)10-5-4-6-11(7-10)22-23-19;13-8-3-1-2-7(4-8)12(10(14)15)6-20-5-9(17-12)16-11(18)19/h4-7,13H,8-9H2,1-3H3,(H,20,21,24);1-4,10H,5-6H2,(H,16,17)(H,18,19). The number of halogens is 5. The largest absolute Gasteiger partial charge is 0.465 e. The maximum atomic E-state index is 13.9. The predicted octanol–water partition coefficient (Wildman–Crippen LogP) is 6.65. The molecule has 2 heterocycles. The summed E-state index contributed by atoms with van der Waals surface area (Å²) in [6.07, 6.45) is -7.93. The van der Waals surface area contributed by atoms with Crippen LogP contribution in [-0.4, -0.2) is 73.8 Å². The van der Waals surface area contributed by atoms with Crippen LogP contribution in [-0.2, 0) is 25.3 Å². The number of carbonyl (C=O) groups excluding carboxylic acids is 1. The van der Waals surface area contributed by atoms with Crippen molar-refractivity contribution in [1.29, 1.82) is 0 Å². The maximum absolute atomic E-state index is 13.9. The average Bonchev–Trinajstić information content (AvgIpc) is 2.96. The number of nitrogens with zero attached hydrogens (tertiary/aromatic N) is 5. The molecule has 13 nitrogen and oxygen atoms in total. The zero-order chi connectivity index (χ0) is 34.1. The van der Waals surface area contributed by atoms with Gasteiger partial charge in [-0.2, -0.15) is 0 Å². The first kappa shape index (κ1) is 36.2. The lowest BCUT2D eigenvalue weighted by molar-refractivity contribution is -0.0140. The summed E-state index contributed by atoms with van der Waals surface area (Å²) in [5.41, 5.74) is 4.39. The number of ether oxygens (including phenoxy) is 3. The second-order valence-corrected chi connectivity index (χ2v) is 11.8. The van der Waals surface area contributed by atoms with Gasteiger partial charge < -0.3 is 19.3 Å². The highest BCUT2D eigenvalue weighted by Crippen LogP contribution is 2.38. The molecule has 0 radical (unpaired) electrons. The van der Waals surface area contributed by atoms with E-state index in [0.717, 1.165) is 0 Å². The van der Waals surface area contributed by atoms with E-state index in [1.54, 1.807) is 32.9 Å². The molecular formula is C28H30BrF4N7O6. The van der Waals surface area contributed by atoms with Crippen molar-refractivity contribution in [1.82, 2.24) is 10.6 Å². The van der Waals surface area contributed by atoms with E-state index in [9.17, 15) is 27.2 Å². The number of carboxylic acid groups (broad SMARTS) is 1. The molecule has 2 atom stereocenters. The van der Waals surface area contributed by atoms with Crippen molar-refractivity contribution in [3.8, 4) is 0 Å². The van der Waals surface area contributed by atoms with Crippen LogP contribution < -0.4 is 10.6 Å². The number of benzene rings is 2. The molecule has 0 saturated heterocycles. The van der Waals surface area contributed by atoms with Crippen LogP contribution in [0.4, 0.5) is 32.8 Å². The van der Waals surface area contributed by atoms with Gasteiger partial charge in [-0.15, -0.1) is 0 Å². The quantitative estimate of drug-likeness (QED) is 0.135. The van der Waals surface area contributed by atoms with Crippen molar-refractivity contribution in [2.75, 3.05) is 26.4 Å². The van der Waals surface area contributed by atoms with Crippen LogP contribution in [0.15, 0.2) is 68.1 Å². The van der Waals surface area contributed by atoms with E-state index in [1.165, 1.54) is 36.4 Å². The molecule has 248 valence electrons. The topological polar surface area (TPSA) is 180 Å². The number of hydrogen-bond donors (Lipinski definition) is 3. The minimum atomic E-state index is -2.92. The number of carbonyl (C=O) groups is 2. The lowest BCUT2D eigenvalue weighted by Crippen LogP contribution is -2.48. The third-order valence-corrected chi connectivity index (χ3v) is 6.73. The molecule has 0 aliphatic carbocycles. The average molecular weight is 716 g/mol. The van der Waals surface area contributed by atoms with Crippen molar-refractivity contribution >= 4 is 45.5 Å². The fourth-order valence-electron chi connectivity index (χ4n) is 4.31. The molecule has 0 fully saturated rings. The van der Waals surface area contributed by atoms with E-state index >= 15 is 0 Å². The van der Waals surface area contributed by atoms with Crippen molar-refractivity contribution in [3.63, 3.8) is 0 Å². The number of rotatable bonds is 5. The Balaban J connectivity index is 0.000000259. The highest BCUT2D eigenvalue weighted by Gasteiger charge is 2.46. The molecule has 0 aromatic heterocycles. The van der Waals surface area contributed by atoms with Crippen LogP contribution in [0.5, 0.6) is 0 Å². The number of azide groups is 1. The summed E-state index contributed by atoms with van der Waals surface area (Å²) in [7, 11) is 0. The van der Waals surface area contributed by atoms with Gasteiger partial charge in [-0.3, -0.25) is 10.6 Å². The maximum Gasteiger partial charge on any atom is 0.413 e. The summed E-state index contributed by atoms with van der Waals surface area (Å²) in [6.45, 7) is 4.05. The van der Waals surface area contributed by atoms with E-state index in [2.05, 4.69) is 41.3 Å². The van der Waals surface area contributed by atoms with Crippen LogP contribution in [0.3, 0.4) is 0 Å². The summed E-state index contributed by atoms with van der Waals surface area (Å²) in [5, 5.41) is 16.4. The zero-order valence-electron chi connectivity index (χ0n) is 24.7.